The quantitative estimate of drug-likeness (QED) is 0.113. The third-order valence-corrected chi connectivity index (χ3v) is 8.71. The molecule has 0 radical (unpaired) electrons. The van der Waals surface area contributed by atoms with Crippen molar-refractivity contribution in [3.05, 3.63) is 35.9 Å². The number of carboxylic acid groups (broad SMARTS) is 1. The molecule has 16 nitrogen and oxygen atoms in total. The molecule has 1 aromatic rings. The first-order valence-electron chi connectivity index (χ1n) is 18.1. The van der Waals surface area contributed by atoms with Crippen molar-refractivity contribution in [1.29, 1.82) is 0 Å². The number of rotatable bonds is 19. The monoisotopic (exact) mass is 731 g/mol. The van der Waals surface area contributed by atoms with Crippen molar-refractivity contribution in [2.45, 2.75) is 109 Å². The predicted octanol–water partition coefficient (Wildman–Crippen LogP) is 1.87. The molecule has 2 fully saturated rings. The van der Waals surface area contributed by atoms with Crippen LogP contribution in [0, 0.1) is 11.8 Å². The first kappa shape index (κ1) is 41.8. The van der Waals surface area contributed by atoms with Crippen molar-refractivity contribution in [2.24, 2.45) is 11.8 Å². The second-order valence-electron chi connectivity index (χ2n) is 13.5. The zero-order valence-corrected chi connectivity index (χ0v) is 30.2. The smallest absolute Gasteiger partial charge is 0.407 e. The van der Waals surface area contributed by atoms with Crippen molar-refractivity contribution in [1.82, 2.24) is 26.6 Å². The Morgan fingerprint density at radius 2 is 1.50 bits per heavy atom. The molecule has 6 N–H and O–H groups in total. The number of aliphatic carboxylic acids is 1. The Hall–Kier alpha value is -4.57. The molecule has 1 aromatic carbocycles. The lowest BCUT2D eigenvalue weighted by Crippen LogP contribution is -2.59. The van der Waals surface area contributed by atoms with Crippen LogP contribution >= 0.6 is 0 Å². The van der Waals surface area contributed by atoms with Crippen LogP contribution < -0.4 is 26.6 Å². The van der Waals surface area contributed by atoms with Crippen LogP contribution in [-0.4, -0.2) is 97.4 Å². The molecular formula is C36H53N5O11. The summed E-state index contributed by atoms with van der Waals surface area (Å²) in [5.74, 6) is -5.87. The standard InChI is InChI=1S/C36H53N5O11/c1-4-12-25(31(43)34(46)37-20-27(42)40-30(35(47)48)24-15-9-6-10-16-24)38-32(44)26(19-28-50-17-11-18-51-28)39-33(45)29(23-13-7-5-8-14-23)41-36(49)52-21-22(2)3/h6,9-10,15-16,22-23,25-26,28-30H,4-5,7-8,11-14,17-21H2,1-3H3,(H,37,46)(H,38,44)(H,39,45)(H,40,42)(H,41,49)(H,47,48)/t25?,26-,29-,30-/m0/s1. The predicted molar refractivity (Wildman–Crippen MR) is 186 cm³/mol. The molecule has 0 aromatic heterocycles. The van der Waals surface area contributed by atoms with E-state index < -0.39 is 78.5 Å². The van der Waals surface area contributed by atoms with Gasteiger partial charge in [-0.3, -0.25) is 24.0 Å². The van der Waals surface area contributed by atoms with Gasteiger partial charge in [0.15, 0.2) is 12.3 Å². The van der Waals surface area contributed by atoms with E-state index in [0.29, 0.717) is 44.5 Å². The Labute approximate surface area is 303 Å². The minimum absolute atomic E-state index is 0.0598. The average Bonchev–Trinajstić information content (AvgIpc) is 3.14. The first-order valence-corrected chi connectivity index (χ1v) is 18.1. The fourth-order valence-electron chi connectivity index (χ4n) is 6.01. The lowest BCUT2D eigenvalue weighted by Gasteiger charge is -2.32. The van der Waals surface area contributed by atoms with Gasteiger partial charge in [-0.25, -0.2) is 9.59 Å². The summed E-state index contributed by atoms with van der Waals surface area (Å²) in [5.41, 5.74) is 0.314. The summed E-state index contributed by atoms with van der Waals surface area (Å²) in [6.07, 6.45) is 3.55. The zero-order valence-electron chi connectivity index (χ0n) is 30.2. The van der Waals surface area contributed by atoms with Crippen molar-refractivity contribution in [3.8, 4) is 0 Å². The SMILES string of the molecule is CCCC(NC(=O)[C@H](CC1OCCCO1)NC(=O)[C@@H](NC(=O)OCC(C)C)C1CCCCC1)C(=O)C(=O)NCC(=O)N[C@H](C(=O)O)c1ccccc1. The highest BCUT2D eigenvalue weighted by Crippen LogP contribution is 2.27. The number of carboxylic acids is 1. The summed E-state index contributed by atoms with van der Waals surface area (Å²) in [4.78, 5) is 90.8. The maximum absolute atomic E-state index is 13.8. The van der Waals surface area contributed by atoms with Gasteiger partial charge in [-0.05, 0) is 43.1 Å². The molecule has 1 saturated heterocycles. The van der Waals surface area contributed by atoms with Crippen molar-refractivity contribution < 1.29 is 52.9 Å². The van der Waals surface area contributed by atoms with Crippen LogP contribution in [0.5, 0.6) is 0 Å². The minimum Gasteiger partial charge on any atom is -0.479 e. The fourth-order valence-corrected chi connectivity index (χ4v) is 6.01. The summed E-state index contributed by atoms with van der Waals surface area (Å²) in [6, 6.07) is 3.00. The van der Waals surface area contributed by atoms with Gasteiger partial charge in [0.25, 0.3) is 5.91 Å². The number of alkyl carbamates (subject to hydrolysis) is 1. The van der Waals surface area contributed by atoms with Crippen LogP contribution in [0.4, 0.5) is 4.79 Å². The van der Waals surface area contributed by atoms with Crippen LogP contribution in [0.25, 0.3) is 0 Å². The number of Topliss-reactive ketones (excluding diaryl/α,β-unsaturated/α-hetero) is 1. The van der Waals surface area contributed by atoms with Gasteiger partial charge in [-0.1, -0.05) is 76.8 Å². The molecule has 3 rings (SSSR count). The molecule has 16 heteroatoms. The average molecular weight is 732 g/mol. The molecular weight excluding hydrogens is 678 g/mol. The molecule has 1 aliphatic heterocycles. The molecule has 288 valence electrons. The van der Waals surface area contributed by atoms with Crippen LogP contribution in [0.3, 0.4) is 0 Å². The fraction of sp³-hybridized carbons (Fsp3) is 0.639. The van der Waals surface area contributed by atoms with E-state index in [-0.39, 0.29) is 31.3 Å². The van der Waals surface area contributed by atoms with Gasteiger partial charge in [0.1, 0.15) is 12.1 Å². The van der Waals surface area contributed by atoms with Crippen LogP contribution in [-0.2, 0) is 43.0 Å². The molecule has 2 aliphatic rings. The lowest BCUT2D eigenvalue weighted by atomic mass is 9.83. The maximum Gasteiger partial charge on any atom is 0.407 e. The summed E-state index contributed by atoms with van der Waals surface area (Å²) < 4.78 is 16.6. The molecule has 5 amide bonds. The van der Waals surface area contributed by atoms with Crippen LogP contribution in [0.2, 0.25) is 0 Å². The van der Waals surface area contributed by atoms with Gasteiger partial charge in [-0.2, -0.15) is 0 Å². The van der Waals surface area contributed by atoms with Crippen LogP contribution in [0.15, 0.2) is 30.3 Å². The van der Waals surface area contributed by atoms with Gasteiger partial charge in [0, 0.05) is 6.42 Å². The normalized spacial score (nSPS) is 17.5. The Morgan fingerprint density at radius 1 is 0.846 bits per heavy atom. The molecule has 1 unspecified atom stereocenters. The third kappa shape index (κ3) is 13.9. The number of hydrogen-bond donors (Lipinski definition) is 6. The van der Waals surface area contributed by atoms with Crippen LogP contribution in [0.1, 0.15) is 90.2 Å². The van der Waals surface area contributed by atoms with Gasteiger partial charge >= 0.3 is 12.1 Å². The molecule has 4 atom stereocenters. The van der Waals surface area contributed by atoms with Gasteiger partial charge < -0.3 is 45.9 Å². The summed E-state index contributed by atoms with van der Waals surface area (Å²) in [6.45, 7) is 5.74. The van der Waals surface area contributed by atoms with E-state index in [2.05, 4.69) is 26.6 Å². The van der Waals surface area contributed by atoms with E-state index in [9.17, 15) is 38.7 Å². The first-order chi connectivity index (χ1) is 24.9. The Morgan fingerprint density at radius 3 is 2.12 bits per heavy atom. The number of nitrogens with one attached hydrogen (secondary N) is 5. The van der Waals surface area contributed by atoms with E-state index >= 15 is 0 Å². The number of benzene rings is 1. The third-order valence-electron chi connectivity index (χ3n) is 8.71. The molecule has 1 saturated carbocycles. The molecule has 1 heterocycles. The second-order valence-corrected chi connectivity index (χ2v) is 13.5. The van der Waals surface area contributed by atoms with E-state index in [1.54, 1.807) is 25.1 Å². The number of hydrogen-bond acceptors (Lipinski definition) is 10. The Kier molecular flexibility index (Phi) is 17.5. The highest BCUT2D eigenvalue weighted by atomic mass is 16.7. The highest BCUT2D eigenvalue weighted by Gasteiger charge is 2.37. The van der Waals surface area contributed by atoms with E-state index in [1.165, 1.54) is 12.1 Å². The topological polar surface area (TPSA) is 228 Å². The van der Waals surface area contributed by atoms with E-state index in [0.717, 1.165) is 19.3 Å². The van der Waals surface area contributed by atoms with Crippen molar-refractivity contribution in [3.63, 3.8) is 0 Å². The Bertz CT molecular complexity index is 1360. The second kappa shape index (κ2) is 21.7. The summed E-state index contributed by atoms with van der Waals surface area (Å²) in [7, 11) is 0. The minimum atomic E-state index is -1.38. The number of carbonyl (C=O) groups excluding carboxylic acids is 6. The van der Waals surface area contributed by atoms with Gasteiger partial charge in [0.05, 0.1) is 32.4 Å². The number of carbonyl (C=O) groups is 7. The Balaban J connectivity index is 1.70. The maximum atomic E-state index is 13.8. The molecule has 1 aliphatic carbocycles. The largest absolute Gasteiger partial charge is 0.479 e. The summed E-state index contributed by atoms with van der Waals surface area (Å²) in [5, 5.41) is 22.1. The number of ether oxygens (including phenoxy) is 3. The lowest BCUT2D eigenvalue weighted by molar-refractivity contribution is -0.185. The molecule has 0 spiro atoms. The highest BCUT2D eigenvalue weighted by molar-refractivity contribution is 6.38. The molecule has 0 bridgehead atoms. The van der Waals surface area contributed by atoms with Crippen molar-refractivity contribution in [2.75, 3.05) is 26.4 Å². The summed E-state index contributed by atoms with van der Waals surface area (Å²) >= 11 is 0. The number of amides is 5. The van der Waals surface area contributed by atoms with Crippen molar-refractivity contribution >= 4 is 41.5 Å². The van der Waals surface area contributed by atoms with E-state index in [1.807, 2.05) is 13.8 Å². The van der Waals surface area contributed by atoms with Gasteiger partial charge in [0.2, 0.25) is 23.5 Å². The van der Waals surface area contributed by atoms with Gasteiger partial charge in [-0.15, -0.1) is 0 Å². The van der Waals surface area contributed by atoms with E-state index in [4.69, 9.17) is 14.2 Å². The molecule has 52 heavy (non-hydrogen) atoms. The zero-order chi connectivity index (χ0) is 38.0. The number of ketones is 1.